The van der Waals surface area contributed by atoms with Gasteiger partial charge >= 0.3 is 0 Å². The molecule has 0 radical (unpaired) electrons. The van der Waals surface area contributed by atoms with Gasteiger partial charge in [-0.3, -0.25) is 9.97 Å². The molecule has 3 aromatic rings. The van der Waals surface area contributed by atoms with Crippen LogP contribution in [0.4, 0.5) is 0 Å². The first-order valence-electron chi connectivity index (χ1n) is 7.23. The fourth-order valence-corrected chi connectivity index (χ4v) is 2.53. The van der Waals surface area contributed by atoms with E-state index in [0.29, 0.717) is 6.42 Å². The Morgan fingerprint density at radius 2 is 1.67 bits per heavy atom. The van der Waals surface area contributed by atoms with Gasteiger partial charge in [0, 0.05) is 24.4 Å². The van der Waals surface area contributed by atoms with Crippen molar-refractivity contribution in [2.45, 2.75) is 25.9 Å². The molecule has 1 unspecified atom stereocenters. The van der Waals surface area contributed by atoms with Crippen molar-refractivity contribution < 1.29 is 5.11 Å². The summed E-state index contributed by atoms with van der Waals surface area (Å²) in [4.78, 5) is 8.63. The van der Waals surface area contributed by atoms with Crippen molar-refractivity contribution in [2.75, 3.05) is 0 Å². The molecular formula is C18H18N2O. The summed E-state index contributed by atoms with van der Waals surface area (Å²) in [6, 6.07) is 14.1. The molecule has 1 aromatic heterocycles. The Kier molecular flexibility index (Phi) is 3.93. The zero-order valence-electron chi connectivity index (χ0n) is 12.0. The van der Waals surface area contributed by atoms with Crippen LogP contribution in [0.5, 0.6) is 0 Å². The van der Waals surface area contributed by atoms with Crippen LogP contribution in [0.25, 0.3) is 11.0 Å². The Morgan fingerprint density at radius 3 is 2.43 bits per heavy atom. The summed E-state index contributed by atoms with van der Waals surface area (Å²) in [5.41, 5.74) is 4.86. The lowest BCUT2D eigenvalue weighted by Crippen LogP contribution is -2.04. The quantitative estimate of drug-likeness (QED) is 0.795. The second kappa shape index (κ2) is 6.02. The Balaban J connectivity index is 1.88. The Morgan fingerprint density at radius 1 is 0.952 bits per heavy atom. The normalized spacial score (nSPS) is 12.5. The minimum absolute atomic E-state index is 0.571. The van der Waals surface area contributed by atoms with Crippen molar-refractivity contribution in [1.29, 1.82) is 0 Å². The van der Waals surface area contributed by atoms with Crippen LogP contribution in [0.15, 0.2) is 54.9 Å². The lowest BCUT2D eigenvalue weighted by Gasteiger charge is -2.13. The molecular weight excluding hydrogens is 260 g/mol. The number of fused-ring (bicyclic) bond motifs is 1. The minimum atomic E-state index is -0.571. The maximum atomic E-state index is 10.5. The molecule has 1 heterocycles. The topological polar surface area (TPSA) is 46.0 Å². The third kappa shape index (κ3) is 2.93. The number of hydrogen-bond acceptors (Lipinski definition) is 3. The predicted octanol–water partition coefficient (Wildman–Crippen LogP) is 3.47. The fraction of sp³-hybridized carbons (Fsp3) is 0.222. The van der Waals surface area contributed by atoms with Crippen molar-refractivity contribution >= 4 is 11.0 Å². The van der Waals surface area contributed by atoms with E-state index in [1.54, 1.807) is 12.4 Å². The molecule has 106 valence electrons. The van der Waals surface area contributed by atoms with E-state index in [0.717, 1.165) is 28.6 Å². The molecule has 0 aliphatic rings. The number of aryl methyl sites for hydroxylation is 1. The number of nitrogens with zero attached hydrogens (tertiary/aromatic N) is 2. The highest BCUT2D eigenvalue weighted by Crippen LogP contribution is 2.24. The summed E-state index contributed by atoms with van der Waals surface area (Å²) >= 11 is 0. The lowest BCUT2D eigenvalue weighted by atomic mass is 9.99. The van der Waals surface area contributed by atoms with Gasteiger partial charge in [0.15, 0.2) is 0 Å². The summed E-state index contributed by atoms with van der Waals surface area (Å²) in [5.74, 6) is 0. The Hall–Kier alpha value is -2.26. The van der Waals surface area contributed by atoms with Crippen molar-refractivity contribution in [1.82, 2.24) is 9.97 Å². The molecule has 21 heavy (non-hydrogen) atoms. The monoisotopic (exact) mass is 278 g/mol. The summed E-state index contributed by atoms with van der Waals surface area (Å²) in [6.45, 7) is 2.14. The summed E-state index contributed by atoms with van der Waals surface area (Å²) in [6.07, 6.45) is 4.37. The number of aromatic nitrogens is 2. The van der Waals surface area contributed by atoms with Crippen LogP contribution in [0.2, 0.25) is 0 Å². The summed E-state index contributed by atoms with van der Waals surface area (Å²) < 4.78 is 0. The van der Waals surface area contributed by atoms with Gasteiger partial charge < -0.3 is 5.11 Å². The molecule has 2 aromatic carbocycles. The van der Waals surface area contributed by atoms with E-state index in [4.69, 9.17) is 0 Å². The zero-order valence-corrected chi connectivity index (χ0v) is 12.0. The van der Waals surface area contributed by atoms with Crippen molar-refractivity contribution in [3.8, 4) is 0 Å². The van der Waals surface area contributed by atoms with Crippen LogP contribution < -0.4 is 0 Å². The van der Waals surface area contributed by atoms with E-state index in [1.807, 2.05) is 18.2 Å². The Bertz CT molecular complexity index is 732. The van der Waals surface area contributed by atoms with Gasteiger partial charge in [-0.05, 0) is 23.6 Å². The van der Waals surface area contributed by atoms with E-state index < -0.39 is 6.10 Å². The van der Waals surface area contributed by atoms with Gasteiger partial charge in [-0.15, -0.1) is 0 Å². The van der Waals surface area contributed by atoms with Gasteiger partial charge in [0.25, 0.3) is 0 Å². The van der Waals surface area contributed by atoms with Crippen molar-refractivity contribution in [3.05, 3.63) is 71.5 Å². The van der Waals surface area contributed by atoms with Crippen molar-refractivity contribution in [3.63, 3.8) is 0 Å². The van der Waals surface area contributed by atoms with Gasteiger partial charge in [-0.2, -0.15) is 0 Å². The van der Waals surface area contributed by atoms with Crippen LogP contribution in [0, 0.1) is 0 Å². The number of para-hydroxylation sites is 1. The molecule has 0 saturated heterocycles. The fourth-order valence-electron chi connectivity index (χ4n) is 2.53. The first-order chi connectivity index (χ1) is 10.3. The van der Waals surface area contributed by atoms with E-state index in [1.165, 1.54) is 5.56 Å². The highest BCUT2D eigenvalue weighted by molar-refractivity contribution is 5.77. The van der Waals surface area contributed by atoms with E-state index >= 15 is 0 Å². The largest absolute Gasteiger partial charge is 0.388 e. The second-order valence-corrected chi connectivity index (χ2v) is 5.16. The number of hydrogen-bond donors (Lipinski definition) is 1. The van der Waals surface area contributed by atoms with Gasteiger partial charge in [0.2, 0.25) is 0 Å². The number of aliphatic hydroxyl groups excluding tert-OH is 1. The molecule has 0 saturated carbocycles. The molecule has 0 fully saturated rings. The first-order valence-corrected chi connectivity index (χ1v) is 7.23. The van der Waals surface area contributed by atoms with Crippen LogP contribution in [0.3, 0.4) is 0 Å². The standard InChI is InChI=1S/C18H18N2O/c1-2-13-6-8-14(9-7-13)12-17(21)15-4-3-5-16-18(15)20-11-10-19-16/h3-11,17,21H,2,12H2,1H3. The maximum Gasteiger partial charge on any atom is 0.0944 e. The first kappa shape index (κ1) is 13.7. The lowest BCUT2D eigenvalue weighted by molar-refractivity contribution is 0.180. The molecule has 0 aliphatic carbocycles. The molecule has 0 spiro atoms. The molecule has 0 amide bonds. The van der Waals surface area contributed by atoms with Crippen LogP contribution in [-0.4, -0.2) is 15.1 Å². The van der Waals surface area contributed by atoms with Crippen molar-refractivity contribution in [2.24, 2.45) is 0 Å². The number of aliphatic hydroxyl groups is 1. The number of rotatable bonds is 4. The molecule has 1 atom stereocenters. The van der Waals surface area contributed by atoms with Gasteiger partial charge in [-0.25, -0.2) is 0 Å². The minimum Gasteiger partial charge on any atom is -0.388 e. The summed E-state index contributed by atoms with van der Waals surface area (Å²) in [5, 5.41) is 10.5. The Labute approximate surface area is 124 Å². The summed E-state index contributed by atoms with van der Waals surface area (Å²) in [7, 11) is 0. The average molecular weight is 278 g/mol. The van der Waals surface area contributed by atoms with E-state index in [9.17, 15) is 5.11 Å². The van der Waals surface area contributed by atoms with E-state index in [-0.39, 0.29) is 0 Å². The van der Waals surface area contributed by atoms with Gasteiger partial charge in [0.05, 0.1) is 17.1 Å². The predicted molar refractivity (Wildman–Crippen MR) is 84.0 cm³/mol. The molecule has 3 rings (SSSR count). The number of benzene rings is 2. The SMILES string of the molecule is CCc1ccc(CC(O)c2cccc3nccnc23)cc1. The van der Waals surface area contributed by atoms with E-state index in [2.05, 4.69) is 41.2 Å². The zero-order chi connectivity index (χ0) is 14.7. The molecule has 3 nitrogen and oxygen atoms in total. The smallest absolute Gasteiger partial charge is 0.0944 e. The molecule has 0 aliphatic heterocycles. The van der Waals surface area contributed by atoms with Crippen LogP contribution >= 0.6 is 0 Å². The maximum absolute atomic E-state index is 10.5. The highest BCUT2D eigenvalue weighted by Gasteiger charge is 2.13. The highest BCUT2D eigenvalue weighted by atomic mass is 16.3. The van der Waals surface area contributed by atoms with Gasteiger partial charge in [0.1, 0.15) is 0 Å². The third-order valence-corrected chi connectivity index (χ3v) is 3.75. The molecule has 3 heteroatoms. The molecule has 1 N–H and O–H groups in total. The second-order valence-electron chi connectivity index (χ2n) is 5.16. The van der Waals surface area contributed by atoms with Crippen LogP contribution in [0.1, 0.15) is 29.7 Å². The average Bonchev–Trinajstić information content (AvgIpc) is 2.55. The van der Waals surface area contributed by atoms with Crippen LogP contribution in [-0.2, 0) is 12.8 Å². The molecule has 0 bridgehead atoms. The van der Waals surface area contributed by atoms with Gasteiger partial charge in [-0.1, -0.05) is 43.3 Å². The third-order valence-electron chi connectivity index (χ3n) is 3.75.